The molecule has 0 bridgehead atoms. The number of hydrogen-bond acceptors (Lipinski definition) is 0. The van der Waals surface area contributed by atoms with Crippen LogP contribution in [0.5, 0.6) is 0 Å². The van der Waals surface area contributed by atoms with E-state index in [-0.39, 0.29) is 0 Å². The van der Waals surface area contributed by atoms with E-state index in [1.807, 2.05) is 0 Å². The molecule has 0 heterocycles. The summed E-state index contributed by atoms with van der Waals surface area (Å²) in [4.78, 5) is 0. The third-order valence-corrected chi connectivity index (χ3v) is 2.38. The highest BCUT2D eigenvalue weighted by molar-refractivity contribution is 9.10. The van der Waals surface area contributed by atoms with Crippen molar-refractivity contribution in [3.8, 4) is 0 Å². The summed E-state index contributed by atoms with van der Waals surface area (Å²) in [5.74, 6) is 0. The molecule has 12 heavy (non-hydrogen) atoms. The van der Waals surface area contributed by atoms with Gasteiger partial charge in [-0.15, -0.1) is 11.6 Å². The second-order valence-corrected chi connectivity index (χ2v) is 3.67. The highest BCUT2D eigenvalue weighted by Gasteiger charge is 2.18. The SMILES string of the molecule is FC(F)C(Cl)c1ccc(Br)cc1. The Morgan fingerprint density at radius 3 is 2.08 bits per heavy atom. The van der Waals surface area contributed by atoms with Crippen LogP contribution in [0.1, 0.15) is 10.9 Å². The number of rotatable bonds is 2. The van der Waals surface area contributed by atoms with Gasteiger partial charge in [0.2, 0.25) is 0 Å². The van der Waals surface area contributed by atoms with Crippen LogP contribution in [0.2, 0.25) is 0 Å². The molecule has 0 spiro atoms. The van der Waals surface area contributed by atoms with E-state index in [9.17, 15) is 8.78 Å². The summed E-state index contributed by atoms with van der Waals surface area (Å²) >= 11 is 8.63. The van der Waals surface area contributed by atoms with Gasteiger partial charge in [0.25, 0.3) is 6.43 Å². The summed E-state index contributed by atoms with van der Waals surface area (Å²) in [5, 5.41) is -1.21. The molecule has 0 amide bonds. The fourth-order valence-corrected chi connectivity index (χ4v) is 1.20. The minimum Gasteiger partial charge on any atom is -0.208 e. The average molecular weight is 255 g/mol. The number of alkyl halides is 3. The zero-order valence-corrected chi connectivity index (χ0v) is 8.32. The van der Waals surface area contributed by atoms with Gasteiger partial charge in [0.05, 0.1) is 0 Å². The Bertz CT molecular complexity index is 248. The molecule has 0 fully saturated rings. The molecule has 0 aliphatic rings. The van der Waals surface area contributed by atoms with Crippen LogP contribution in [0, 0.1) is 0 Å². The van der Waals surface area contributed by atoms with Crippen molar-refractivity contribution in [2.24, 2.45) is 0 Å². The monoisotopic (exact) mass is 254 g/mol. The van der Waals surface area contributed by atoms with E-state index in [0.29, 0.717) is 5.56 Å². The lowest BCUT2D eigenvalue weighted by Crippen LogP contribution is -2.01. The molecule has 1 unspecified atom stereocenters. The van der Waals surface area contributed by atoms with Gasteiger partial charge < -0.3 is 0 Å². The highest BCUT2D eigenvalue weighted by Crippen LogP contribution is 2.27. The zero-order valence-electron chi connectivity index (χ0n) is 5.98. The van der Waals surface area contributed by atoms with Crippen molar-refractivity contribution in [2.75, 3.05) is 0 Å². The molecule has 1 aromatic carbocycles. The van der Waals surface area contributed by atoms with Crippen LogP contribution in [0.3, 0.4) is 0 Å². The van der Waals surface area contributed by atoms with Crippen LogP contribution >= 0.6 is 27.5 Å². The highest BCUT2D eigenvalue weighted by atomic mass is 79.9. The smallest absolute Gasteiger partial charge is 0.208 e. The Balaban J connectivity index is 2.82. The second kappa shape index (κ2) is 4.19. The van der Waals surface area contributed by atoms with Gasteiger partial charge in [0, 0.05) is 4.47 Å². The van der Waals surface area contributed by atoms with Gasteiger partial charge >= 0.3 is 0 Å². The van der Waals surface area contributed by atoms with Crippen molar-refractivity contribution < 1.29 is 8.78 Å². The summed E-state index contributed by atoms with van der Waals surface area (Å²) in [5.41, 5.74) is 0.440. The molecule has 0 aliphatic heterocycles. The lowest BCUT2D eigenvalue weighted by molar-refractivity contribution is 0.143. The summed E-state index contributed by atoms with van der Waals surface area (Å²) in [6.07, 6.45) is -2.52. The normalized spacial score (nSPS) is 13.4. The van der Waals surface area contributed by atoms with E-state index in [4.69, 9.17) is 11.6 Å². The lowest BCUT2D eigenvalue weighted by Gasteiger charge is -2.07. The van der Waals surface area contributed by atoms with Crippen LogP contribution in [-0.2, 0) is 0 Å². The molecule has 0 radical (unpaired) electrons. The first-order valence-electron chi connectivity index (χ1n) is 3.29. The minimum absolute atomic E-state index is 0.440. The number of hydrogen-bond donors (Lipinski definition) is 0. The van der Waals surface area contributed by atoms with Crippen molar-refractivity contribution in [2.45, 2.75) is 11.8 Å². The molecule has 0 saturated carbocycles. The molecule has 0 aromatic heterocycles. The van der Waals surface area contributed by atoms with Gasteiger partial charge in [-0.1, -0.05) is 28.1 Å². The molecule has 4 heteroatoms. The summed E-state index contributed by atoms with van der Waals surface area (Å²) in [7, 11) is 0. The molecule has 1 aromatic rings. The van der Waals surface area contributed by atoms with Crippen molar-refractivity contribution in [3.63, 3.8) is 0 Å². The molecule has 0 N–H and O–H groups in total. The standard InChI is InChI=1S/C8H6BrClF2/c9-6-3-1-5(2-4-6)7(10)8(11)12/h1-4,7-8H. The van der Waals surface area contributed by atoms with Gasteiger partial charge in [-0.3, -0.25) is 0 Å². The van der Waals surface area contributed by atoms with E-state index in [2.05, 4.69) is 15.9 Å². The Hall–Kier alpha value is -0.150. The summed E-state index contributed by atoms with van der Waals surface area (Å²) in [6, 6.07) is 6.53. The Morgan fingerprint density at radius 2 is 1.67 bits per heavy atom. The molecule has 66 valence electrons. The fourth-order valence-electron chi connectivity index (χ4n) is 0.792. The van der Waals surface area contributed by atoms with E-state index in [1.54, 1.807) is 24.3 Å². The first-order chi connectivity index (χ1) is 5.61. The molecular formula is C8H6BrClF2. The van der Waals surface area contributed by atoms with E-state index in [1.165, 1.54) is 0 Å². The third kappa shape index (κ3) is 2.42. The van der Waals surface area contributed by atoms with Gasteiger partial charge in [-0.05, 0) is 17.7 Å². The molecule has 0 saturated heterocycles. The van der Waals surface area contributed by atoms with Crippen molar-refractivity contribution >= 4 is 27.5 Å². The quantitative estimate of drug-likeness (QED) is 0.701. The van der Waals surface area contributed by atoms with Crippen LogP contribution in [0.25, 0.3) is 0 Å². The summed E-state index contributed by atoms with van der Waals surface area (Å²) in [6.45, 7) is 0. The van der Waals surface area contributed by atoms with Crippen LogP contribution < -0.4 is 0 Å². The van der Waals surface area contributed by atoms with Gasteiger partial charge in [0.15, 0.2) is 0 Å². The lowest BCUT2D eigenvalue weighted by atomic mass is 10.1. The van der Waals surface area contributed by atoms with E-state index >= 15 is 0 Å². The number of benzene rings is 1. The maximum Gasteiger partial charge on any atom is 0.258 e. The maximum absolute atomic E-state index is 12.1. The van der Waals surface area contributed by atoms with Crippen molar-refractivity contribution in [3.05, 3.63) is 34.3 Å². The van der Waals surface area contributed by atoms with Gasteiger partial charge in [-0.2, -0.15) is 0 Å². The first kappa shape index (κ1) is 9.93. The Kier molecular flexibility index (Phi) is 3.47. The molecule has 0 aliphatic carbocycles. The predicted molar refractivity (Wildman–Crippen MR) is 48.7 cm³/mol. The van der Waals surface area contributed by atoms with Crippen molar-refractivity contribution in [1.82, 2.24) is 0 Å². The zero-order chi connectivity index (χ0) is 9.14. The first-order valence-corrected chi connectivity index (χ1v) is 4.52. The topological polar surface area (TPSA) is 0 Å². The van der Waals surface area contributed by atoms with Crippen molar-refractivity contribution in [1.29, 1.82) is 0 Å². The average Bonchev–Trinajstić information content (AvgIpc) is 2.04. The molecular weight excluding hydrogens is 249 g/mol. The number of halogens is 4. The largest absolute Gasteiger partial charge is 0.258 e. The van der Waals surface area contributed by atoms with Gasteiger partial charge in [-0.25, -0.2) is 8.78 Å². The van der Waals surface area contributed by atoms with Crippen LogP contribution in [0.15, 0.2) is 28.7 Å². The maximum atomic E-state index is 12.1. The summed E-state index contributed by atoms with van der Waals surface area (Å²) < 4.78 is 25.0. The molecule has 1 atom stereocenters. The van der Waals surface area contributed by atoms with E-state index < -0.39 is 11.8 Å². The van der Waals surface area contributed by atoms with Crippen LogP contribution in [-0.4, -0.2) is 6.43 Å². The predicted octanol–water partition coefficient (Wildman–Crippen LogP) is 3.99. The Morgan fingerprint density at radius 1 is 1.17 bits per heavy atom. The second-order valence-electron chi connectivity index (χ2n) is 2.29. The third-order valence-electron chi connectivity index (χ3n) is 1.41. The van der Waals surface area contributed by atoms with Crippen LogP contribution in [0.4, 0.5) is 8.78 Å². The minimum atomic E-state index is -2.52. The molecule has 1 rings (SSSR count). The van der Waals surface area contributed by atoms with Gasteiger partial charge in [0.1, 0.15) is 5.38 Å². The molecule has 0 nitrogen and oxygen atoms in total. The fraction of sp³-hybridized carbons (Fsp3) is 0.250. The van der Waals surface area contributed by atoms with E-state index in [0.717, 1.165) is 4.47 Å². The Labute approximate surface area is 82.7 Å².